The van der Waals surface area contributed by atoms with Gasteiger partial charge in [-0.2, -0.15) is 0 Å². The fraction of sp³-hybridized carbons (Fsp3) is 1.00. The normalized spacial score (nSPS) is 33.5. The molecule has 6 unspecified atom stereocenters. The van der Waals surface area contributed by atoms with Crippen LogP contribution in [0.3, 0.4) is 0 Å². The molecule has 0 bridgehead atoms. The van der Waals surface area contributed by atoms with Gasteiger partial charge in [0.2, 0.25) is 0 Å². The molecule has 2 aliphatic carbocycles. The van der Waals surface area contributed by atoms with Crippen molar-refractivity contribution in [2.75, 3.05) is 52.6 Å². The van der Waals surface area contributed by atoms with E-state index in [1.165, 1.54) is 44.9 Å². The minimum atomic E-state index is 0.164. The zero-order chi connectivity index (χ0) is 21.2. The first-order valence-electron chi connectivity index (χ1n) is 12.0. The van der Waals surface area contributed by atoms with Crippen molar-refractivity contribution < 1.29 is 20.4 Å². The first kappa shape index (κ1) is 25.0. The van der Waals surface area contributed by atoms with Gasteiger partial charge in [0, 0.05) is 38.3 Å². The molecule has 0 spiro atoms. The molecule has 0 saturated heterocycles. The van der Waals surface area contributed by atoms with Gasteiger partial charge in [-0.3, -0.25) is 9.80 Å². The van der Waals surface area contributed by atoms with E-state index in [-0.39, 0.29) is 26.4 Å². The highest BCUT2D eigenvalue weighted by atomic mass is 16.3. The number of aliphatic hydroxyl groups is 4. The molecule has 2 aliphatic rings. The van der Waals surface area contributed by atoms with Crippen molar-refractivity contribution in [2.24, 2.45) is 23.7 Å². The zero-order valence-corrected chi connectivity index (χ0v) is 18.8. The van der Waals surface area contributed by atoms with E-state index in [1.54, 1.807) is 0 Å². The second-order valence-corrected chi connectivity index (χ2v) is 9.65. The maximum Gasteiger partial charge on any atom is 0.0558 e. The maximum absolute atomic E-state index is 9.35. The van der Waals surface area contributed by atoms with Gasteiger partial charge in [-0.05, 0) is 68.6 Å². The Labute approximate surface area is 177 Å². The van der Waals surface area contributed by atoms with Crippen LogP contribution >= 0.6 is 0 Å². The fourth-order valence-corrected chi connectivity index (χ4v) is 6.37. The predicted octanol–water partition coefficient (Wildman–Crippen LogP) is 1.56. The fourth-order valence-electron chi connectivity index (χ4n) is 6.37. The van der Waals surface area contributed by atoms with Gasteiger partial charge in [0.1, 0.15) is 0 Å². The van der Waals surface area contributed by atoms with E-state index in [4.69, 9.17) is 0 Å². The van der Waals surface area contributed by atoms with Gasteiger partial charge in [-0.25, -0.2) is 0 Å². The molecule has 0 aromatic carbocycles. The summed E-state index contributed by atoms with van der Waals surface area (Å²) in [6.45, 7) is 8.02. The summed E-state index contributed by atoms with van der Waals surface area (Å²) in [5.74, 6) is 2.83. The molecular weight excluding hydrogens is 368 g/mol. The average molecular weight is 415 g/mol. The zero-order valence-electron chi connectivity index (χ0n) is 18.8. The Hall–Kier alpha value is -0.240. The summed E-state index contributed by atoms with van der Waals surface area (Å²) in [7, 11) is 0. The molecule has 4 N–H and O–H groups in total. The van der Waals surface area contributed by atoms with Gasteiger partial charge in [0.05, 0.1) is 26.4 Å². The summed E-state index contributed by atoms with van der Waals surface area (Å²) in [6, 6.07) is 0.983. The van der Waals surface area contributed by atoms with E-state index in [1.807, 2.05) is 0 Å². The smallest absolute Gasteiger partial charge is 0.0558 e. The molecule has 6 nitrogen and oxygen atoms in total. The van der Waals surface area contributed by atoms with Crippen molar-refractivity contribution in [1.29, 1.82) is 0 Å². The molecule has 2 rings (SSSR count). The summed E-state index contributed by atoms with van der Waals surface area (Å²) in [5, 5.41) is 37.4. The van der Waals surface area contributed by atoms with E-state index in [9.17, 15) is 20.4 Å². The SMILES string of the molecule is CC1CC(CC2CCC(N(CCO)CCO)C(C)C2)CCC1N(CCO)CCO. The van der Waals surface area contributed by atoms with Crippen LogP contribution in [0.15, 0.2) is 0 Å². The summed E-state index contributed by atoms with van der Waals surface area (Å²) < 4.78 is 0. The molecule has 6 heteroatoms. The Kier molecular flexibility index (Phi) is 11.4. The van der Waals surface area contributed by atoms with E-state index in [0.29, 0.717) is 50.1 Å². The van der Waals surface area contributed by atoms with Crippen LogP contribution in [-0.4, -0.2) is 94.9 Å². The quantitative estimate of drug-likeness (QED) is 0.388. The lowest BCUT2D eigenvalue weighted by molar-refractivity contribution is 0.0387. The van der Waals surface area contributed by atoms with Crippen molar-refractivity contribution >= 4 is 0 Å². The molecule has 29 heavy (non-hydrogen) atoms. The molecule has 0 heterocycles. The van der Waals surface area contributed by atoms with Gasteiger partial charge >= 0.3 is 0 Å². The minimum absolute atomic E-state index is 0.164. The van der Waals surface area contributed by atoms with E-state index >= 15 is 0 Å². The Morgan fingerprint density at radius 2 is 0.931 bits per heavy atom. The monoisotopic (exact) mass is 414 g/mol. The Morgan fingerprint density at radius 3 is 1.21 bits per heavy atom. The summed E-state index contributed by atoms with van der Waals surface area (Å²) in [5.41, 5.74) is 0. The number of aliphatic hydroxyl groups excluding tert-OH is 4. The molecule has 0 aliphatic heterocycles. The summed E-state index contributed by atoms with van der Waals surface area (Å²) in [6.07, 6.45) is 8.72. The highest BCUT2D eigenvalue weighted by Crippen LogP contribution is 2.41. The second-order valence-electron chi connectivity index (χ2n) is 9.65. The predicted molar refractivity (Wildman–Crippen MR) is 117 cm³/mol. The van der Waals surface area contributed by atoms with Crippen molar-refractivity contribution in [3.8, 4) is 0 Å². The molecule has 6 atom stereocenters. The van der Waals surface area contributed by atoms with Crippen molar-refractivity contribution in [1.82, 2.24) is 9.80 Å². The Morgan fingerprint density at radius 1 is 0.586 bits per heavy atom. The number of nitrogens with zero attached hydrogens (tertiary/aromatic N) is 2. The lowest BCUT2D eigenvalue weighted by Gasteiger charge is -2.44. The molecule has 0 amide bonds. The lowest BCUT2D eigenvalue weighted by atomic mass is 9.70. The van der Waals surface area contributed by atoms with Gasteiger partial charge < -0.3 is 20.4 Å². The van der Waals surface area contributed by atoms with Crippen LogP contribution in [0.5, 0.6) is 0 Å². The van der Waals surface area contributed by atoms with Crippen LogP contribution < -0.4 is 0 Å². The molecule has 0 aromatic heterocycles. The van der Waals surface area contributed by atoms with Gasteiger partial charge in [-0.15, -0.1) is 0 Å². The number of hydrogen-bond acceptors (Lipinski definition) is 6. The largest absolute Gasteiger partial charge is 0.395 e. The highest BCUT2D eigenvalue weighted by molar-refractivity contribution is 4.89. The second kappa shape index (κ2) is 13.2. The van der Waals surface area contributed by atoms with Crippen LogP contribution in [-0.2, 0) is 0 Å². The summed E-state index contributed by atoms with van der Waals surface area (Å²) in [4.78, 5) is 4.57. The number of rotatable bonds is 12. The summed E-state index contributed by atoms with van der Waals surface area (Å²) >= 11 is 0. The van der Waals surface area contributed by atoms with Gasteiger partial charge in [0.15, 0.2) is 0 Å². The molecule has 0 aromatic rings. The first-order chi connectivity index (χ1) is 14.0. The minimum Gasteiger partial charge on any atom is -0.395 e. The van der Waals surface area contributed by atoms with E-state index in [0.717, 1.165) is 11.8 Å². The van der Waals surface area contributed by atoms with Gasteiger partial charge in [0.25, 0.3) is 0 Å². The lowest BCUT2D eigenvalue weighted by Crippen LogP contribution is -2.47. The molecular formula is C23H46N2O4. The van der Waals surface area contributed by atoms with Crippen molar-refractivity contribution in [3.05, 3.63) is 0 Å². The third-order valence-electron chi connectivity index (χ3n) is 7.62. The van der Waals surface area contributed by atoms with Crippen LogP contribution in [0.1, 0.15) is 58.8 Å². The van der Waals surface area contributed by atoms with E-state index < -0.39 is 0 Å². The third kappa shape index (κ3) is 7.44. The third-order valence-corrected chi connectivity index (χ3v) is 7.62. The Bertz CT molecular complexity index is 389. The molecule has 0 radical (unpaired) electrons. The van der Waals surface area contributed by atoms with Crippen molar-refractivity contribution in [2.45, 2.75) is 70.9 Å². The highest BCUT2D eigenvalue weighted by Gasteiger charge is 2.35. The molecule has 2 saturated carbocycles. The standard InChI is InChI=1S/C23H46N2O4/c1-18-15-20(3-5-22(18)24(7-11-26)8-12-27)17-21-4-6-23(19(2)16-21)25(9-13-28)10-14-29/h18-23,26-29H,3-17H2,1-2H3. The molecule has 2 fully saturated rings. The van der Waals surface area contributed by atoms with Crippen LogP contribution in [0.2, 0.25) is 0 Å². The molecule has 172 valence electrons. The van der Waals surface area contributed by atoms with E-state index in [2.05, 4.69) is 23.6 Å². The Balaban J connectivity index is 1.82. The average Bonchev–Trinajstić information content (AvgIpc) is 2.68. The van der Waals surface area contributed by atoms with Crippen LogP contribution in [0, 0.1) is 23.7 Å². The topological polar surface area (TPSA) is 87.4 Å². The van der Waals surface area contributed by atoms with Crippen LogP contribution in [0.25, 0.3) is 0 Å². The maximum atomic E-state index is 9.35. The van der Waals surface area contributed by atoms with Crippen LogP contribution in [0.4, 0.5) is 0 Å². The first-order valence-corrected chi connectivity index (χ1v) is 12.0. The number of hydrogen-bond donors (Lipinski definition) is 4. The van der Waals surface area contributed by atoms with Crippen molar-refractivity contribution in [3.63, 3.8) is 0 Å². The van der Waals surface area contributed by atoms with Gasteiger partial charge in [-0.1, -0.05) is 13.8 Å².